The van der Waals surface area contributed by atoms with E-state index in [-0.39, 0.29) is 11.4 Å². The molecule has 2 N–H and O–H groups in total. The van der Waals surface area contributed by atoms with Crippen molar-refractivity contribution in [3.05, 3.63) is 24.0 Å². The van der Waals surface area contributed by atoms with Gasteiger partial charge in [0.2, 0.25) is 0 Å². The van der Waals surface area contributed by atoms with Crippen molar-refractivity contribution in [2.75, 3.05) is 12.3 Å². The fourth-order valence-corrected chi connectivity index (χ4v) is 0.786. The molecule has 0 unspecified atom stereocenters. The van der Waals surface area contributed by atoms with Gasteiger partial charge in [0.15, 0.2) is 0 Å². The van der Waals surface area contributed by atoms with Crippen molar-refractivity contribution in [2.45, 2.75) is 6.43 Å². The van der Waals surface area contributed by atoms with Gasteiger partial charge >= 0.3 is 0 Å². The minimum atomic E-state index is -2.59. The van der Waals surface area contributed by atoms with Crippen LogP contribution in [0.25, 0.3) is 0 Å². The van der Waals surface area contributed by atoms with Crippen molar-refractivity contribution >= 4 is 5.69 Å². The molecule has 0 atom stereocenters. The number of benzene rings is 1. The number of halogens is 3. The topological polar surface area (TPSA) is 35.2 Å². The van der Waals surface area contributed by atoms with Crippen molar-refractivity contribution in [1.29, 1.82) is 0 Å². The van der Waals surface area contributed by atoms with Crippen LogP contribution in [0.15, 0.2) is 18.2 Å². The molecular weight excluding hydrogens is 183 g/mol. The molecule has 0 bridgehead atoms. The SMILES string of the molecule is Nc1ccc(F)cc1OCC(F)F. The molecule has 0 heterocycles. The lowest BCUT2D eigenvalue weighted by atomic mass is 10.3. The molecular formula is C8H8F3NO. The first-order valence-electron chi connectivity index (χ1n) is 3.55. The Bertz CT molecular complexity index is 291. The third-order valence-corrected chi connectivity index (χ3v) is 1.34. The Morgan fingerprint density at radius 3 is 2.69 bits per heavy atom. The van der Waals surface area contributed by atoms with Crippen LogP contribution in [0.1, 0.15) is 0 Å². The summed E-state index contributed by atoms with van der Waals surface area (Å²) in [6.45, 7) is -0.784. The van der Waals surface area contributed by atoms with Gasteiger partial charge in [0.05, 0.1) is 5.69 Å². The molecule has 0 spiro atoms. The zero-order valence-corrected chi connectivity index (χ0v) is 6.64. The molecule has 1 rings (SSSR count). The third-order valence-electron chi connectivity index (χ3n) is 1.34. The highest BCUT2D eigenvalue weighted by Gasteiger charge is 2.06. The van der Waals surface area contributed by atoms with Gasteiger partial charge in [-0.3, -0.25) is 0 Å². The maximum atomic E-state index is 12.5. The Balaban J connectivity index is 2.70. The molecule has 2 nitrogen and oxygen atoms in total. The maximum Gasteiger partial charge on any atom is 0.272 e. The normalized spacial score (nSPS) is 10.5. The number of rotatable bonds is 3. The van der Waals surface area contributed by atoms with Crippen LogP contribution >= 0.6 is 0 Å². The van der Waals surface area contributed by atoms with Gasteiger partial charge in [-0.05, 0) is 12.1 Å². The number of anilines is 1. The summed E-state index contributed by atoms with van der Waals surface area (Å²) in [4.78, 5) is 0. The predicted octanol–water partition coefficient (Wildman–Crippen LogP) is 2.05. The molecule has 1 aromatic carbocycles. The van der Waals surface area contributed by atoms with E-state index in [2.05, 4.69) is 4.74 Å². The standard InChI is InChI=1S/C8H8F3NO/c9-5-1-2-6(12)7(3-5)13-4-8(10)11/h1-3,8H,4,12H2. The summed E-state index contributed by atoms with van der Waals surface area (Å²) in [5.74, 6) is -0.626. The molecule has 0 fully saturated rings. The van der Waals surface area contributed by atoms with Gasteiger partial charge in [-0.2, -0.15) is 0 Å². The zero-order valence-electron chi connectivity index (χ0n) is 6.64. The summed E-state index contributed by atoms with van der Waals surface area (Å²) in [5.41, 5.74) is 5.48. The quantitative estimate of drug-likeness (QED) is 0.742. The van der Waals surface area contributed by atoms with Gasteiger partial charge < -0.3 is 10.5 Å². The minimum absolute atomic E-state index is 0.0553. The lowest BCUT2D eigenvalue weighted by Crippen LogP contribution is -2.08. The molecule has 0 amide bonds. The zero-order chi connectivity index (χ0) is 9.84. The molecule has 5 heteroatoms. The van der Waals surface area contributed by atoms with E-state index in [4.69, 9.17) is 5.73 Å². The first-order chi connectivity index (χ1) is 6.09. The molecule has 0 saturated heterocycles. The smallest absolute Gasteiger partial charge is 0.272 e. The van der Waals surface area contributed by atoms with Gasteiger partial charge in [-0.15, -0.1) is 0 Å². The van der Waals surface area contributed by atoms with E-state index < -0.39 is 18.8 Å². The van der Waals surface area contributed by atoms with Crippen LogP contribution in [0.4, 0.5) is 18.9 Å². The maximum absolute atomic E-state index is 12.5. The number of nitrogens with two attached hydrogens (primary N) is 1. The van der Waals surface area contributed by atoms with Crippen LogP contribution in [-0.4, -0.2) is 13.0 Å². The van der Waals surface area contributed by atoms with E-state index in [1.165, 1.54) is 6.07 Å². The predicted molar refractivity (Wildman–Crippen MR) is 42.3 cm³/mol. The summed E-state index contributed by atoms with van der Waals surface area (Å²) >= 11 is 0. The molecule has 13 heavy (non-hydrogen) atoms. The van der Waals surface area contributed by atoms with E-state index >= 15 is 0 Å². The van der Waals surface area contributed by atoms with Crippen LogP contribution in [0.2, 0.25) is 0 Å². The van der Waals surface area contributed by atoms with Crippen molar-refractivity contribution in [3.8, 4) is 5.75 Å². The monoisotopic (exact) mass is 191 g/mol. The highest BCUT2D eigenvalue weighted by atomic mass is 19.3. The van der Waals surface area contributed by atoms with E-state index in [0.717, 1.165) is 12.1 Å². The summed E-state index contributed by atoms with van der Waals surface area (Å²) < 4.78 is 40.5. The second-order valence-electron chi connectivity index (χ2n) is 2.38. The van der Waals surface area contributed by atoms with Crippen LogP contribution in [0, 0.1) is 5.82 Å². The summed E-state index contributed by atoms with van der Waals surface area (Å²) in [6, 6.07) is 3.36. The van der Waals surface area contributed by atoms with Crippen molar-refractivity contribution in [1.82, 2.24) is 0 Å². The first kappa shape index (κ1) is 9.70. The Morgan fingerprint density at radius 1 is 1.38 bits per heavy atom. The molecule has 0 aromatic heterocycles. The van der Waals surface area contributed by atoms with Crippen LogP contribution < -0.4 is 10.5 Å². The highest BCUT2D eigenvalue weighted by Crippen LogP contribution is 2.22. The Labute approximate surface area is 73.1 Å². The number of ether oxygens (including phenoxy) is 1. The number of alkyl halides is 2. The Hall–Kier alpha value is -1.39. The molecule has 0 aliphatic rings. The summed E-state index contributed by atoms with van der Waals surface area (Å²) in [5, 5.41) is 0. The number of hydrogen-bond donors (Lipinski definition) is 1. The van der Waals surface area contributed by atoms with E-state index in [0.29, 0.717) is 0 Å². The fourth-order valence-electron chi connectivity index (χ4n) is 0.786. The number of hydrogen-bond acceptors (Lipinski definition) is 2. The second kappa shape index (κ2) is 4.02. The molecule has 72 valence electrons. The molecule has 0 radical (unpaired) electrons. The van der Waals surface area contributed by atoms with E-state index in [1.807, 2.05) is 0 Å². The molecule has 0 saturated carbocycles. The number of nitrogen functional groups attached to an aromatic ring is 1. The van der Waals surface area contributed by atoms with Gasteiger partial charge in [-0.25, -0.2) is 13.2 Å². The minimum Gasteiger partial charge on any atom is -0.485 e. The van der Waals surface area contributed by atoms with Crippen LogP contribution in [0.5, 0.6) is 5.75 Å². The first-order valence-corrected chi connectivity index (χ1v) is 3.55. The van der Waals surface area contributed by atoms with Gasteiger partial charge in [0.1, 0.15) is 18.2 Å². The lowest BCUT2D eigenvalue weighted by Gasteiger charge is -2.07. The van der Waals surface area contributed by atoms with Crippen molar-refractivity contribution < 1.29 is 17.9 Å². The largest absolute Gasteiger partial charge is 0.485 e. The van der Waals surface area contributed by atoms with E-state index in [1.54, 1.807) is 0 Å². The lowest BCUT2D eigenvalue weighted by molar-refractivity contribution is 0.0821. The average Bonchev–Trinajstić information content (AvgIpc) is 2.06. The van der Waals surface area contributed by atoms with E-state index in [9.17, 15) is 13.2 Å². The molecule has 0 aliphatic carbocycles. The van der Waals surface area contributed by atoms with Crippen molar-refractivity contribution in [3.63, 3.8) is 0 Å². The van der Waals surface area contributed by atoms with Crippen molar-refractivity contribution in [2.24, 2.45) is 0 Å². The Kier molecular flexibility index (Phi) is 3.00. The summed E-state index contributed by atoms with van der Waals surface area (Å²) in [6.07, 6.45) is -2.59. The van der Waals surface area contributed by atoms with Gasteiger partial charge in [0.25, 0.3) is 6.43 Å². The highest BCUT2D eigenvalue weighted by molar-refractivity contribution is 5.52. The second-order valence-corrected chi connectivity index (χ2v) is 2.38. The average molecular weight is 191 g/mol. The Morgan fingerprint density at radius 2 is 2.08 bits per heavy atom. The van der Waals surface area contributed by atoms with Gasteiger partial charge in [0, 0.05) is 6.07 Å². The third kappa shape index (κ3) is 2.85. The summed E-state index contributed by atoms with van der Waals surface area (Å²) in [7, 11) is 0. The molecule has 1 aromatic rings. The van der Waals surface area contributed by atoms with Gasteiger partial charge in [-0.1, -0.05) is 0 Å². The van der Waals surface area contributed by atoms with Crippen LogP contribution in [-0.2, 0) is 0 Å². The molecule has 0 aliphatic heterocycles. The fraction of sp³-hybridized carbons (Fsp3) is 0.250. The van der Waals surface area contributed by atoms with Crippen LogP contribution in [0.3, 0.4) is 0 Å².